The molecule has 6 nitrogen and oxygen atoms in total. The summed E-state index contributed by atoms with van der Waals surface area (Å²) >= 11 is 0. The van der Waals surface area contributed by atoms with Crippen molar-refractivity contribution in [2.24, 2.45) is 5.92 Å². The van der Waals surface area contributed by atoms with Crippen molar-refractivity contribution in [3.05, 3.63) is 29.8 Å². The number of hydrogen-bond donors (Lipinski definition) is 3. The Bertz CT molecular complexity index is 574. The van der Waals surface area contributed by atoms with Gasteiger partial charge in [-0.25, -0.2) is 4.79 Å². The predicted octanol–water partition coefficient (Wildman–Crippen LogP) is 2.34. The fraction of sp³-hybridized carbons (Fsp3) is 0.556. The fourth-order valence-electron chi connectivity index (χ4n) is 2.85. The molecule has 1 saturated heterocycles. The standard InChI is InChI=1S/C18H27N3O3/c1-13(2)9-16(22)11-19-18(24)20-15-6-3-5-14(10-15)12-21-8-4-7-17(21)23/h3,5-6,10,13,16,22H,4,7-9,11-12H2,1-2H3,(H2,19,20,24). The van der Waals surface area contributed by atoms with E-state index in [9.17, 15) is 14.7 Å². The molecule has 0 aromatic heterocycles. The minimum atomic E-state index is -0.539. The van der Waals surface area contributed by atoms with Crippen LogP contribution in [-0.4, -0.2) is 41.1 Å². The summed E-state index contributed by atoms with van der Waals surface area (Å²) in [5.41, 5.74) is 1.66. The van der Waals surface area contributed by atoms with Crippen molar-refractivity contribution in [2.75, 3.05) is 18.4 Å². The van der Waals surface area contributed by atoms with E-state index < -0.39 is 6.10 Å². The van der Waals surface area contributed by atoms with E-state index in [1.807, 2.05) is 36.9 Å². The third-order valence-electron chi connectivity index (χ3n) is 3.97. The average Bonchev–Trinajstić information content (AvgIpc) is 2.90. The first-order chi connectivity index (χ1) is 11.4. The Morgan fingerprint density at radius 3 is 2.83 bits per heavy atom. The smallest absolute Gasteiger partial charge is 0.319 e. The van der Waals surface area contributed by atoms with Crippen molar-refractivity contribution in [2.45, 2.75) is 45.8 Å². The Hall–Kier alpha value is -2.08. The Morgan fingerprint density at radius 1 is 1.38 bits per heavy atom. The van der Waals surface area contributed by atoms with E-state index >= 15 is 0 Å². The molecular formula is C18H27N3O3. The second-order valence-electron chi connectivity index (χ2n) is 6.74. The maximum absolute atomic E-state index is 11.9. The van der Waals surface area contributed by atoms with Crippen LogP contribution in [0.3, 0.4) is 0 Å². The Balaban J connectivity index is 1.82. The topological polar surface area (TPSA) is 81.7 Å². The van der Waals surface area contributed by atoms with Crippen molar-refractivity contribution in [1.29, 1.82) is 0 Å². The lowest BCUT2D eigenvalue weighted by Crippen LogP contribution is -2.35. The molecule has 24 heavy (non-hydrogen) atoms. The fourth-order valence-corrected chi connectivity index (χ4v) is 2.85. The zero-order chi connectivity index (χ0) is 17.5. The second kappa shape index (κ2) is 8.68. The molecule has 0 radical (unpaired) electrons. The summed E-state index contributed by atoms with van der Waals surface area (Å²) in [5, 5.41) is 15.2. The van der Waals surface area contributed by atoms with Crippen molar-refractivity contribution in [3.63, 3.8) is 0 Å². The molecule has 1 unspecified atom stereocenters. The zero-order valence-electron chi connectivity index (χ0n) is 14.4. The summed E-state index contributed by atoms with van der Waals surface area (Å²) in [6, 6.07) is 7.14. The maximum atomic E-state index is 11.9. The SMILES string of the molecule is CC(C)CC(O)CNC(=O)Nc1cccc(CN2CCCC2=O)c1. The summed E-state index contributed by atoms with van der Waals surface area (Å²) in [7, 11) is 0. The van der Waals surface area contributed by atoms with Crippen LogP contribution in [0.1, 0.15) is 38.7 Å². The quantitative estimate of drug-likeness (QED) is 0.716. The van der Waals surface area contributed by atoms with E-state index in [1.54, 1.807) is 6.07 Å². The summed E-state index contributed by atoms with van der Waals surface area (Å²) < 4.78 is 0. The highest BCUT2D eigenvalue weighted by atomic mass is 16.3. The molecular weight excluding hydrogens is 306 g/mol. The number of likely N-dealkylation sites (tertiary alicyclic amines) is 1. The number of nitrogens with zero attached hydrogens (tertiary/aromatic N) is 1. The van der Waals surface area contributed by atoms with E-state index in [2.05, 4.69) is 10.6 Å². The molecule has 0 spiro atoms. The number of benzene rings is 1. The van der Waals surface area contributed by atoms with Crippen LogP contribution in [0.25, 0.3) is 0 Å². The van der Waals surface area contributed by atoms with Gasteiger partial charge in [0.25, 0.3) is 0 Å². The Labute approximate surface area is 143 Å². The van der Waals surface area contributed by atoms with Gasteiger partial charge in [0.05, 0.1) is 6.10 Å². The zero-order valence-corrected chi connectivity index (χ0v) is 14.4. The van der Waals surface area contributed by atoms with E-state index in [1.165, 1.54) is 0 Å². The van der Waals surface area contributed by atoms with Crippen molar-refractivity contribution < 1.29 is 14.7 Å². The molecule has 6 heteroatoms. The van der Waals surface area contributed by atoms with Crippen LogP contribution < -0.4 is 10.6 Å². The highest BCUT2D eigenvalue weighted by molar-refractivity contribution is 5.89. The van der Waals surface area contributed by atoms with E-state index in [-0.39, 0.29) is 18.5 Å². The van der Waals surface area contributed by atoms with Gasteiger partial charge >= 0.3 is 6.03 Å². The van der Waals surface area contributed by atoms with Gasteiger partial charge < -0.3 is 20.6 Å². The monoisotopic (exact) mass is 333 g/mol. The average molecular weight is 333 g/mol. The van der Waals surface area contributed by atoms with Gasteiger partial charge in [0, 0.05) is 31.7 Å². The predicted molar refractivity (Wildman–Crippen MR) is 93.6 cm³/mol. The van der Waals surface area contributed by atoms with Gasteiger partial charge in [-0.3, -0.25) is 4.79 Å². The molecule has 0 aliphatic carbocycles. The number of hydrogen-bond acceptors (Lipinski definition) is 3. The number of anilines is 1. The highest BCUT2D eigenvalue weighted by Gasteiger charge is 2.20. The molecule has 1 aliphatic rings. The van der Waals surface area contributed by atoms with Crippen LogP contribution in [-0.2, 0) is 11.3 Å². The lowest BCUT2D eigenvalue weighted by Gasteiger charge is -2.17. The minimum Gasteiger partial charge on any atom is -0.391 e. The molecule has 0 saturated carbocycles. The third-order valence-corrected chi connectivity index (χ3v) is 3.97. The minimum absolute atomic E-state index is 0.185. The summed E-state index contributed by atoms with van der Waals surface area (Å²) in [4.78, 5) is 25.4. The van der Waals surface area contributed by atoms with Gasteiger partial charge in [-0.15, -0.1) is 0 Å². The van der Waals surface area contributed by atoms with Crippen LogP contribution in [0.2, 0.25) is 0 Å². The van der Waals surface area contributed by atoms with Gasteiger partial charge in [0.15, 0.2) is 0 Å². The van der Waals surface area contributed by atoms with Crippen LogP contribution in [0.5, 0.6) is 0 Å². The van der Waals surface area contributed by atoms with Crippen LogP contribution in [0, 0.1) is 5.92 Å². The summed E-state index contributed by atoms with van der Waals surface area (Å²) in [6.07, 6.45) is 1.65. The molecule has 1 fully saturated rings. The van der Waals surface area contributed by atoms with Gasteiger partial charge in [0.1, 0.15) is 0 Å². The normalized spacial score (nSPS) is 15.7. The van der Waals surface area contributed by atoms with E-state index in [4.69, 9.17) is 0 Å². The first-order valence-corrected chi connectivity index (χ1v) is 8.53. The number of carbonyl (C=O) groups excluding carboxylic acids is 2. The lowest BCUT2D eigenvalue weighted by molar-refractivity contribution is -0.128. The number of aliphatic hydroxyl groups is 1. The van der Waals surface area contributed by atoms with Gasteiger partial charge in [-0.1, -0.05) is 26.0 Å². The van der Waals surface area contributed by atoms with Gasteiger partial charge in [-0.2, -0.15) is 0 Å². The molecule has 3 N–H and O–H groups in total. The second-order valence-corrected chi connectivity index (χ2v) is 6.74. The third kappa shape index (κ3) is 5.85. The number of rotatable bonds is 7. The lowest BCUT2D eigenvalue weighted by atomic mass is 10.1. The Kier molecular flexibility index (Phi) is 6.61. The molecule has 0 bridgehead atoms. The number of nitrogens with one attached hydrogen (secondary N) is 2. The molecule has 2 rings (SSSR count). The molecule has 1 heterocycles. The maximum Gasteiger partial charge on any atom is 0.319 e. The number of urea groups is 1. The van der Waals surface area contributed by atoms with Crippen LogP contribution in [0.15, 0.2) is 24.3 Å². The summed E-state index contributed by atoms with van der Waals surface area (Å²) in [5.74, 6) is 0.570. The van der Waals surface area contributed by atoms with Gasteiger partial charge in [-0.05, 0) is 36.5 Å². The largest absolute Gasteiger partial charge is 0.391 e. The van der Waals surface area contributed by atoms with Gasteiger partial charge in [0.2, 0.25) is 5.91 Å². The van der Waals surface area contributed by atoms with Crippen LogP contribution in [0.4, 0.5) is 10.5 Å². The summed E-state index contributed by atoms with van der Waals surface area (Å²) in [6.45, 7) is 5.65. The first kappa shape index (κ1) is 18.3. The van der Waals surface area contributed by atoms with Crippen molar-refractivity contribution in [3.8, 4) is 0 Å². The molecule has 1 atom stereocenters. The van der Waals surface area contributed by atoms with E-state index in [0.29, 0.717) is 31.0 Å². The number of amides is 3. The van der Waals surface area contributed by atoms with Crippen molar-refractivity contribution in [1.82, 2.24) is 10.2 Å². The highest BCUT2D eigenvalue weighted by Crippen LogP contribution is 2.17. The first-order valence-electron chi connectivity index (χ1n) is 8.53. The molecule has 1 aromatic rings. The van der Waals surface area contributed by atoms with Crippen LogP contribution >= 0.6 is 0 Å². The molecule has 1 aromatic carbocycles. The molecule has 132 valence electrons. The van der Waals surface area contributed by atoms with E-state index in [0.717, 1.165) is 18.5 Å². The number of aliphatic hydroxyl groups excluding tert-OH is 1. The Morgan fingerprint density at radius 2 is 2.17 bits per heavy atom. The van der Waals surface area contributed by atoms with Crippen molar-refractivity contribution >= 4 is 17.6 Å². The molecule has 1 aliphatic heterocycles. The molecule has 3 amide bonds. The number of carbonyl (C=O) groups is 2.